The summed E-state index contributed by atoms with van der Waals surface area (Å²) in [7, 11) is 1.53. The van der Waals surface area contributed by atoms with Crippen molar-refractivity contribution in [1.29, 1.82) is 0 Å². The molecule has 0 aromatic rings. The third-order valence-electron chi connectivity index (χ3n) is 0.842. The molecular weight excluding hydrogens is 134 g/mol. The lowest BCUT2D eigenvalue weighted by atomic mass is 10.6. The lowest BCUT2D eigenvalue weighted by Gasteiger charge is -2.11. The fourth-order valence-corrected chi connectivity index (χ4v) is 0.498. The van der Waals surface area contributed by atoms with Crippen molar-refractivity contribution in [2.24, 2.45) is 0 Å². The van der Waals surface area contributed by atoms with Crippen LogP contribution in [0.3, 0.4) is 0 Å². The van der Waals surface area contributed by atoms with Crippen molar-refractivity contribution in [2.45, 2.75) is 20.1 Å². The molecule has 0 heterocycles. The number of methoxy groups -OCH3 is 1. The zero-order chi connectivity index (χ0) is 7.98. The van der Waals surface area contributed by atoms with E-state index < -0.39 is 0 Å². The molecule has 4 heteroatoms. The van der Waals surface area contributed by atoms with Crippen LogP contribution in [-0.2, 0) is 14.3 Å². The fourth-order valence-electron chi connectivity index (χ4n) is 0.498. The Balaban J connectivity index is 3.25. The number of carbonyl (C=O) groups excluding carboxylic acids is 1. The minimum Gasteiger partial charge on any atom is -0.359 e. The van der Waals surface area contributed by atoms with Gasteiger partial charge in [-0.15, -0.1) is 0 Å². The Morgan fingerprint density at radius 1 is 1.70 bits per heavy atom. The maximum Gasteiger partial charge on any atom is 0.218 e. The van der Waals surface area contributed by atoms with Crippen molar-refractivity contribution in [2.75, 3.05) is 13.9 Å². The summed E-state index contributed by atoms with van der Waals surface area (Å²) in [5.41, 5.74) is 0. The topological polar surface area (TPSA) is 47.6 Å². The normalized spacial score (nSPS) is 12.7. The van der Waals surface area contributed by atoms with Crippen LogP contribution in [0.4, 0.5) is 0 Å². The monoisotopic (exact) mass is 147 g/mol. The highest BCUT2D eigenvalue weighted by Gasteiger charge is 2.00. The number of hydrogen-bond donors (Lipinski definition) is 1. The molecule has 1 unspecified atom stereocenters. The molecular formula is C6H13NO3. The van der Waals surface area contributed by atoms with Crippen molar-refractivity contribution < 1.29 is 14.3 Å². The number of hydrogen-bond acceptors (Lipinski definition) is 3. The van der Waals surface area contributed by atoms with Gasteiger partial charge in [-0.3, -0.25) is 4.79 Å². The van der Waals surface area contributed by atoms with Crippen LogP contribution in [0.15, 0.2) is 0 Å². The van der Waals surface area contributed by atoms with E-state index in [1.165, 1.54) is 14.0 Å². The Morgan fingerprint density at radius 2 is 2.30 bits per heavy atom. The molecule has 10 heavy (non-hydrogen) atoms. The van der Waals surface area contributed by atoms with Gasteiger partial charge in [0.15, 0.2) is 0 Å². The Bertz CT molecular complexity index is 105. The van der Waals surface area contributed by atoms with Crippen molar-refractivity contribution in [3.63, 3.8) is 0 Å². The summed E-state index contributed by atoms with van der Waals surface area (Å²) in [4.78, 5) is 10.4. The van der Waals surface area contributed by atoms with Gasteiger partial charge in [0.1, 0.15) is 13.0 Å². The van der Waals surface area contributed by atoms with Gasteiger partial charge in [-0.2, -0.15) is 0 Å². The van der Waals surface area contributed by atoms with Crippen molar-refractivity contribution >= 4 is 5.91 Å². The molecule has 0 aromatic carbocycles. The first kappa shape index (κ1) is 9.39. The second-order valence-electron chi connectivity index (χ2n) is 1.92. The largest absolute Gasteiger partial charge is 0.359 e. The molecule has 0 bridgehead atoms. The number of amides is 1. The maximum absolute atomic E-state index is 10.4. The van der Waals surface area contributed by atoms with Gasteiger partial charge in [0.05, 0.1) is 0 Å². The van der Waals surface area contributed by atoms with Gasteiger partial charge in [-0.1, -0.05) is 0 Å². The average Bonchev–Trinajstić information content (AvgIpc) is 1.82. The number of rotatable bonds is 4. The van der Waals surface area contributed by atoms with Crippen LogP contribution in [0.1, 0.15) is 13.8 Å². The zero-order valence-corrected chi connectivity index (χ0v) is 6.51. The third kappa shape index (κ3) is 5.53. The first-order valence-electron chi connectivity index (χ1n) is 3.04. The molecule has 0 fully saturated rings. The molecule has 0 aliphatic rings. The summed E-state index contributed by atoms with van der Waals surface area (Å²) in [6, 6.07) is 0. The lowest BCUT2D eigenvalue weighted by Crippen LogP contribution is -2.33. The maximum atomic E-state index is 10.4. The Labute approximate surface area is 60.5 Å². The van der Waals surface area contributed by atoms with Gasteiger partial charge in [-0.25, -0.2) is 0 Å². The van der Waals surface area contributed by atoms with E-state index in [4.69, 9.17) is 4.74 Å². The Morgan fingerprint density at radius 3 is 2.70 bits per heavy atom. The summed E-state index contributed by atoms with van der Waals surface area (Å²) < 4.78 is 9.57. The van der Waals surface area contributed by atoms with E-state index in [9.17, 15) is 4.79 Å². The smallest absolute Gasteiger partial charge is 0.218 e. The van der Waals surface area contributed by atoms with Crippen LogP contribution in [0.25, 0.3) is 0 Å². The van der Waals surface area contributed by atoms with Crippen molar-refractivity contribution in [1.82, 2.24) is 5.32 Å². The second kappa shape index (κ2) is 5.20. The molecule has 0 rings (SSSR count). The van der Waals surface area contributed by atoms with E-state index in [0.29, 0.717) is 0 Å². The van der Waals surface area contributed by atoms with E-state index >= 15 is 0 Å². The standard InChI is InChI=1S/C6H13NO3/c1-5(8)7-6(2)10-4-9-3/h6H,4H2,1-3H3,(H,7,8). The summed E-state index contributed by atoms with van der Waals surface area (Å²) in [6.45, 7) is 3.37. The number of carbonyl (C=O) groups is 1. The molecule has 0 aliphatic carbocycles. The van der Waals surface area contributed by atoms with Crippen LogP contribution >= 0.6 is 0 Å². The molecule has 60 valence electrons. The minimum atomic E-state index is -0.280. The highest BCUT2D eigenvalue weighted by molar-refractivity contribution is 5.72. The average molecular weight is 147 g/mol. The molecule has 1 atom stereocenters. The first-order valence-corrected chi connectivity index (χ1v) is 3.04. The molecule has 0 saturated heterocycles. The third-order valence-corrected chi connectivity index (χ3v) is 0.842. The summed E-state index contributed by atoms with van der Waals surface area (Å²) in [5, 5.41) is 2.54. The van der Waals surface area contributed by atoms with Gasteiger partial charge >= 0.3 is 0 Å². The van der Waals surface area contributed by atoms with Crippen molar-refractivity contribution in [3.8, 4) is 0 Å². The minimum absolute atomic E-state index is 0.108. The highest BCUT2D eigenvalue weighted by atomic mass is 16.7. The molecule has 1 N–H and O–H groups in total. The van der Waals surface area contributed by atoms with E-state index in [1.54, 1.807) is 6.92 Å². The number of nitrogens with one attached hydrogen (secondary N) is 1. The lowest BCUT2D eigenvalue weighted by molar-refractivity contribution is -0.127. The van der Waals surface area contributed by atoms with E-state index in [2.05, 4.69) is 10.1 Å². The Hall–Kier alpha value is -0.610. The predicted octanol–water partition coefficient (Wildman–Crippen LogP) is 0.0890. The van der Waals surface area contributed by atoms with Crippen molar-refractivity contribution in [3.05, 3.63) is 0 Å². The van der Waals surface area contributed by atoms with Gasteiger partial charge < -0.3 is 14.8 Å². The first-order chi connectivity index (χ1) is 4.66. The van der Waals surface area contributed by atoms with Gasteiger partial charge in [-0.05, 0) is 6.92 Å². The fraction of sp³-hybridized carbons (Fsp3) is 0.833. The summed E-state index contributed by atoms with van der Waals surface area (Å²) in [5.74, 6) is -0.108. The summed E-state index contributed by atoms with van der Waals surface area (Å²) >= 11 is 0. The molecule has 0 saturated carbocycles. The second-order valence-corrected chi connectivity index (χ2v) is 1.92. The quantitative estimate of drug-likeness (QED) is 0.573. The van der Waals surface area contributed by atoms with Crippen LogP contribution in [-0.4, -0.2) is 26.0 Å². The SMILES string of the molecule is COCOC(C)NC(C)=O. The molecule has 4 nitrogen and oxygen atoms in total. The van der Waals surface area contributed by atoms with Gasteiger partial charge in [0.2, 0.25) is 5.91 Å². The molecule has 0 aromatic heterocycles. The number of ether oxygens (including phenoxy) is 2. The van der Waals surface area contributed by atoms with E-state index in [0.717, 1.165) is 0 Å². The molecule has 0 radical (unpaired) electrons. The Kier molecular flexibility index (Phi) is 4.88. The molecule has 0 spiro atoms. The summed E-state index contributed by atoms with van der Waals surface area (Å²) in [6.07, 6.45) is -0.280. The predicted molar refractivity (Wildman–Crippen MR) is 36.2 cm³/mol. The van der Waals surface area contributed by atoms with E-state index in [-0.39, 0.29) is 18.9 Å². The van der Waals surface area contributed by atoms with E-state index in [1.807, 2.05) is 0 Å². The molecule has 1 amide bonds. The van der Waals surface area contributed by atoms with Crippen LogP contribution in [0.5, 0.6) is 0 Å². The highest BCUT2D eigenvalue weighted by Crippen LogP contribution is 1.84. The zero-order valence-electron chi connectivity index (χ0n) is 6.51. The van der Waals surface area contributed by atoms with Crippen LogP contribution in [0.2, 0.25) is 0 Å². The van der Waals surface area contributed by atoms with Crippen LogP contribution < -0.4 is 5.32 Å². The van der Waals surface area contributed by atoms with Gasteiger partial charge in [0.25, 0.3) is 0 Å². The molecule has 0 aliphatic heterocycles. The van der Waals surface area contributed by atoms with Crippen LogP contribution in [0, 0.1) is 0 Å². The van der Waals surface area contributed by atoms with Gasteiger partial charge in [0, 0.05) is 14.0 Å².